The van der Waals surface area contributed by atoms with Gasteiger partial charge in [-0.1, -0.05) is 0 Å². The Hall–Kier alpha value is -1.32. The fourth-order valence-corrected chi connectivity index (χ4v) is 7.74. The molecule has 5 rings (SSSR count). The standard InChI is InChI=1S/C20H24O4/c21-13-5-17-1-2-18-7-15(23)11-20(18,12-16(24)8-18)4-3-19(17,9-13)10-14(22)6-17/h1-12H2. The van der Waals surface area contributed by atoms with E-state index in [-0.39, 0.29) is 21.7 Å². The molecule has 0 aromatic carbocycles. The second-order valence-corrected chi connectivity index (χ2v) is 9.69. The summed E-state index contributed by atoms with van der Waals surface area (Å²) in [5, 5.41) is 0. The summed E-state index contributed by atoms with van der Waals surface area (Å²) in [4.78, 5) is 49.3. The Labute approximate surface area is 141 Å². The molecule has 24 heavy (non-hydrogen) atoms. The highest BCUT2D eigenvalue weighted by Gasteiger charge is 2.69. The molecule has 0 aliphatic heterocycles. The highest BCUT2D eigenvalue weighted by atomic mass is 16.1. The molecular weight excluding hydrogens is 304 g/mol. The van der Waals surface area contributed by atoms with Crippen molar-refractivity contribution >= 4 is 23.1 Å². The van der Waals surface area contributed by atoms with Gasteiger partial charge < -0.3 is 0 Å². The van der Waals surface area contributed by atoms with E-state index in [0.717, 1.165) is 25.7 Å². The molecule has 0 aromatic heterocycles. The number of carbonyl (C=O) groups excluding carboxylic acids is 4. The lowest BCUT2D eigenvalue weighted by molar-refractivity contribution is -0.123. The predicted molar refractivity (Wildman–Crippen MR) is 85.2 cm³/mol. The molecule has 0 heterocycles. The van der Waals surface area contributed by atoms with Crippen molar-refractivity contribution in [2.24, 2.45) is 21.7 Å². The Morgan fingerprint density at radius 2 is 0.542 bits per heavy atom. The third-order valence-electron chi connectivity index (χ3n) is 8.70. The van der Waals surface area contributed by atoms with Crippen molar-refractivity contribution in [2.45, 2.75) is 77.0 Å². The highest BCUT2D eigenvalue weighted by molar-refractivity contribution is 5.93. The van der Waals surface area contributed by atoms with E-state index in [1.807, 2.05) is 0 Å². The van der Waals surface area contributed by atoms with Gasteiger partial charge in [0.15, 0.2) is 0 Å². The van der Waals surface area contributed by atoms with Gasteiger partial charge >= 0.3 is 0 Å². The smallest absolute Gasteiger partial charge is 0.134 e. The van der Waals surface area contributed by atoms with E-state index < -0.39 is 0 Å². The van der Waals surface area contributed by atoms with E-state index in [1.165, 1.54) is 0 Å². The summed E-state index contributed by atoms with van der Waals surface area (Å²) < 4.78 is 0. The lowest BCUT2D eigenvalue weighted by Gasteiger charge is -2.49. The minimum absolute atomic E-state index is 0.167. The third kappa shape index (κ3) is 1.60. The van der Waals surface area contributed by atoms with Crippen LogP contribution in [0.3, 0.4) is 0 Å². The Balaban J connectivity index is 1.60. The summed E-state index contributed by atoms with van der Waals surface area (Å²) in [6, 6.07) is 0. The molecule has 0 aromatic rings. The average molecular weight is 328 g/mol. The Kier molecular flexibility index (Phi) is 2.66. The first-order chi connectivity index (χ1) is 11.3. The van der Waals surface area contributed by atoms with Gasteiger partial charge in [0, 0.05) is 51.4 Å². The first kappa shape index (κ1) is 15.0. The van der Waals surface area contributed by atoms with Crippen molar-refractivity contribution in [1.82, 2.24) is 0 Å². The van der Waals surface area contributed by atoms with Gasteiger partial charge in [0.25, 0.3) is 0 Å². The fourth-order valence-electron chi connectivity index (χ4n) is 7.74. The van der Waals surface area contributed by atoms with E-state index in [1.54, 1.807) is 0 Å². The molecule has 0 amide bonds. The summed E-state index contributed by atoms with van der Waals surface area (Å²) in [6.45, 7) is 0. The second kappa shape index (κ2) is 4.25. The Morgan fingerprint density at radius 3 is 0.708 bits per heavy atom. The Morgan fingerprint density at radius 1 is 0.375 bits per heavy atom. The second-order valence-electron chi connectivity index (χ2n) is 9.69. The van der Waals surface area contributed by atoms with Gasteiger partial charge in [0.1, 0.15) is 23.1 Å². The maximum atomic E-state index is 12.3. The van der Waals surface area contributed by atoms with Crippen LogP contribution in [0.25, 0.3) is 0 Å². The van der Waals surface area contributed by atoms with E-state index in [0.29, 0.717) is 74.5 Å². The van der Waals surface area contributed by atoms with Crippen molar-refractivity contribution in [1.29, 1.82) is 0 Å². The number of hydrogen-bond donors (Lipinski definition) is 0. The summed E-state index contributed by atoms with van der Waals surface area (Å²) in [6.07, 6.45) is 7.78. The molecule has 5 saturated carbocycles. The van der Waals surface area contributed by atoms with Crippen molar-refractivity contribution < 1.29 is 19.2 Å². The molecule has 0 N–H and O–H groups in total. The van der Waals surface area contributed by atoms with Crippen LogP contribution in [0.1, 0.15) is 77.0 Å². The number of rotatable bonds is 0. The molecule has 0 bridgehead atoms. The van der Waals surface area contributed by atoms with Gasteiger partial charge in [-0.15, -0.1) is 0 Å². The zero-order valence-corrected chi connectivity index (χ0v) is 14.1. The topological polar surface area (TPSA) is 68.3 Å². The molecule has 0 unspecified atom stereocenters. The molecule has 0 radical (unpaired) electrons. The van der Waals surface area contributed by atoms with E-state index in [9.17, 15) is 19.2 Å². The van der Waals surface area contributed by atoms with Crippen LogP contribution in [0, 0.1) is 21.7 Å². The minimum Gasteiger partial charge on any atom is -0.300 e. The van der Waals surface area contributed by atoms with Crippen LogP contribution in [-0.4, -0.2) is 23.1 Å². The quantitative estimate of drug-likeness (QED) is 0.685. The molecule has 0 spiro atoms. The normalized spacial score (nSPS) is 50.3. The van der Waals surface area contributed by atoms with Gasteiger partial charge in [0.2, 0.25) is 0 Å². The lowest BCUT2D eigenvalue weighted by atomic mass is 9.53. The van der Waals surface area contributed by atoms with Gasteiger partial charge in [-0.2, -0.15) is 0 Å². The third-order valence-corrected chi connectivity index (χ3v) is 8.70. The number of ketones is 4. The maximum Gasteiger partial charge on any atom is 0.134 e. The molecular formula is C20H24O4. The largest absolute Gasteiger partial charge is 0.300 e. The molecule has 5 aliphatic carbocycles. The van der Waals surface area contributed by atoms with Crippen LogP contribution in [0.15, 0.2) is 0 Å². The summed E-state index contributed by atoms with van der Waals surface area (Å²) >= 11 is 0. The summed E-state index contributed by atoms with van der Waals surface area (Å²) in [7, 11) is 0. The average Bonchev–Trinajstić information content (AvgIpc) is 3.03. The number of Topliss-reactive ketones (excluding diaryl/α,β-unsaturated/α-hetero) is 4. The van der Waals surface area contributed by atoms with Crippen molar-refractivity contribution in [3.8, 4) is 0 Å². The Bertz CT molecular complexity index is 548. The van der Waals surface area contributed by atoms with Crippen LogP contribution in [0.5, 0.6) is 0 Å². The minimum atomic E-state index is -0.167. The van der Waals surface area contributed by atoms with Crippen molar-refractivity contribution in [3.63, 3.8) is 0 Å². The first-order valence-corrected chi connectivity index (χ1v) is 9.39. The van der Waals surface area contributed by atoms with Crippen LogP contribution in [0.4, 0.5) is 0 Å². The molecule has 4 heteroatoms. The van der Waals surface area contributed by atoms with Gasteiger partial charge in [-0.05, 0) is 47.3 Å². The molecule has 5 aliphatic rings. The summed E-state index contributed by atoms with van der Waals surface area (Å²) in [5.74, 6) is 1.28. The van der Waals surface area contributed by atoms with Crippen LogP contribution in [-0.2, 0) is 19.2 Å². The van der Waals surface area contributed by atoms with Crippen LogP contribution >= 0.6 is 0 Å². The van der Waals surface area contributed by atoms with E-state index in [2.05, 4.69) is 0 Å². The highest BCUT2D eigenvalue weighted by Crippen LogP contribution is 2.73. The zero-order valence-electron chi connectivity index (χ0n) is 14.1. The van der Waals surface area contributed by atoms with Gasteiger partial charge in [-0.3, -0.25) is 19.2 Å². The maximum absolute atomic E-state index is 12.3. The summed E-state index contributed by atoms with van der Waals surface area (Å²) in [5.41, 5.74) is -0.669. The predicted octanol–water partition coefficient (Wildman–Crippen LogP) is 2.96. The SMILES string of the molecule is O=C1CC23CCC45CC(=O)CC4(CCC2(C1)CC(=O)C3)CC(=O)C5. The molecule has 4 nitrogen and oxygen atoms in total. The van der Waals surface area contributed by atoms with E-state index in [4.69, 9.17) is 0 Å². The van der Waals surface area contributed by atoms with Crippen LogP contribution in [0.2, 0.25) is 0 Å². The van der Waals surface area contributed by atoms with Crippen molar-refractivity contribution in [2.75, 3.05) is 0 Å². The van der Waals surface area contributed by atoms with Gasteiger partial charge in [0.05, 0.1) is 0 Å². The lowest BCUT2D eigenvalue weighted by Crippen LogP contribution is -2.42. The fraction of sp³-hybridized carbons (Fsp3) is 0.800. The molecule has 0 saturated heterocycles. The first-order valence-electron chi connectivity index (χ1n) is 9.39. The molecule has 128 valence electrons. The molecule has 0 atom stereocenters. The molecule has 5 fully saturated rings. The number of carbonyl (C=O) groups is 4. The number of hydrogen-bond acceptors (Lipinski definition) is 4. The zero-order chi connectivity index (χ0) is 16.8. The van der Waals surface area contributed by atoms with E-state index >= 15 is 0 Å². The monoisotopic (exact) mass is 328 g/mol. The van der Waals surface area contributed by atoms with Gasteiger partial charge in [-0.25, -0.2) is 0 Å². The van der Waals surface area contributed by atoms with Crippen molar-refractivity contribution in [3.05, 3.63) is 0 Å². The van der Waals surface area contributed by atoms with Crippen LogP contribution < -0.4 is 0 Å².